The number of ether oxygens (including phenoxy) is 6. The number of aliphatic hydroxyl groups excluding tert-OH is 5. The Kier molecular flexibility index (Phi) is 9.70. The van der Waals surface area contributed by atoms with Gasteiger partial charge in [0.1, 0.15) is 24.4 Å². The Balaban J connectivity index is 1.84. The van der Waals surface area contributed by atoms with Crippen molar-refractivity contribution in [2.45, 2.75) is 49.7 Å². The lowest BCUT2D eigenvalue weighted by Gasteiger charge is -2.44. The van der Waals surface area contributed by atoms with E-state index < -0.39 is 55.3 Å². The molecule has 8 unspecified atom stereocenters. The van der Waals surface area contributed by atoms with Crippen LogP contribution in [0.3, 0.4) is 0 Å². The molecule has 1 saturated heterocycles. The van der Waals surface area contributed by atoms with Crippen LogP contribution in [0.1, 0.15) is 22.8 Å². The summed E-state index contributed by atoms with van der Waals surface area (Å²) in [6, 6.07) is 4.71. The summed E-state index contributed by atoms with van der Waals surface area (Å²) in [6.07, 6.45) is -8.13. The molecule has 8 atom stereocenters. The summed E-state index contributed by atoms with van der Waals surface area (Å²) in [4.78, 5) is 0. The van der Waals surface area contributed by atoms with E-state index in [1.807, 2.05) is 0 Å². The van der Waals surface area contributed by atoms with E-state index in [4.69, 9.17) is 28.4 Å². The molecule has 2 aromatic carbocycles. The number of benzene rings is 2. The van der Waals surface area contributed by atoms with Gasteiger partial charge in [-0.1, -0.05) is 0 Å². The van der Waals surface area contributed by atoms with Crippen molar-refractivity contribution in [3.8, 4) is 34.5 Å². The van der Waals surface area contributed by atoms with E-state index in [1.165, 1.54) is 40.6 Å². The van der Waals surface area contributed by atoms with Crippen molar-refractivity contribution in [1.82, 2.24) is 0 Å². The van der Waals surface area contributed by atoms with Crippen LogP contribution in [-0.4, -0.2) is 108 Å². The molecule has 41 heavy (non-hydrogen) atoms. The van der Waals surface area contributed by atoms with Crippen LogP contribution in [0.25, 0.3) is 0 Å². The number of phenols is 2. The fourth-order valence-electron chi connectivity index (χ4n) is 5.72. The normalized spacial score (nSPS) is 28.5. The lowest BCUT2D eigenvalue weighted by Crippen LogP contribution is -2.59. The Hall–Kier alpha value is -3.04. The largest absolute Gasteiger partial charge is 0.502 e. The van der Waals surface area contributed by atoms with Crippen molar-refractivity contribution in [2.75, 3.05) is 41.7 Å². The van der Waals surface area contributed by atoms with Crippen LogP contribution in [-0.2, 0) is 22.3 Å². The Labute approximate surface area is 237 Å². The zero-order chi connectivity index (χ0) is 30.0. The highest BCUT2D eigenvalue weighted by atomic mass is 16.7. The van der Waals surface area contributed by atoms with Gasteiger partial charge in [-0.2, -0.15) is 0 Å². The van der Waals surface area contributed by atoms with Gasteiger partial charge in [-0.05, 0) is 54.0 Å². The number of rotatable bonds is 10. The first kappa shape index (κ1) is 30.9. The van der Waals surface area contributed by atoms with E-state index in [1.54, 1.807) is 6.07 Å². The van der Waals surface area contributed by atoms with Crippen LogP contribution >= 0.6 is 0 Å². The third-order valence-electron chi connectivity index (χ3n) is 7.95. The number of hydrogen-bond acceptors (Lipinski definition) is 13. The quantitative estimate of drug-likeness (QED) is 0.198. The minimum atomic E-state index is -1.69. The number of aromatic hydroxyl groups is 2. The molecule has 0 spiro atoms. The van der Waals surface area contributed by atoms with Crippen LogP contribution < -0.4 is 18.9 Å². The van der Waals surface area contributed by atoms with Crippen LogP contribution in [0.2, 0.25) is 0 Å². The van der Waals surface area contributed by atoms with E-state index in [0.29, 0.717) is 17.5 Å². The van der Waals surface area contributed by atoms with Gasteiger partial charge in [0.05, 0.1) is 41.2 Å². The second kappa shape index (κ2) is 12.9. The third kappa shape index (κ3) is 5.71. The topological polar surface area (TPSA) is 197 Å². The summed E-state index contributed by atoms with van der Waals surface area (Å²) in [5, 5.41) is 72.9. The second-order valence-corrected chi connectivity index (χ2v) is 10.1. The van der Waals surface area contributed by atoms with Gasteiger partial charge in [-0.15, -0.1) is 0 Å². The lowest BCUT2D eigenvalue weighted by atomic mass is 9.71. The van der Waals surface area contributed by atoms with Crippen LogP contribution in [0.4, 0.5) is 0 Å². The fourth-order valence-corrected chi connectivity index (χ4v) is 5.72. The number of phenolic OH excluding ortho intramolecular Hbond substituents is 2. The highest BCUT2D eigenvalue weighted by molar-refractivity contribution is 5.59. The molecule has 7 N–H and O–H groups in total. The maximum absolute atomic E-state index is 10.8. The molecular weight excluding hydrogens is 544 g/mol. The van der Waals surface area contributed by atoms with Crippen LogP contribution in [0.5, 0.6) is 34.5 Å². The number of fused-ring (bicyclic) bond motifs is 1. The van der Waals surface area contributed by atoms with Crippen molar-refractivity contribution in [3.05, 3.63) is 34.9 Å². The lowest BCUT2D eigenvalue weighted by molar-refractivity contribution is -0.317. The van der Waals surface area contributed by atoms with E-state index in [9.17, 15) is 35.7 Å². The fraction of sp³-hybridized carbons (Fsp3) is 0.571. The van der Waals surface area contributed by atoms with Crippen molar-refractivity contribution in [1.29, 1.82) is 0 Å². The maximum atomic E-state index is 10.8. The Morgan fingerprint density at radius 2 is 1.39 bits per heavy atom. The molecule has 1 aliphatic carbocycles. The zero-order valence-electron chi connectivity index (χ0n) is 23.3. The minimum Gasteiger partial charge on any atom is -0.502 e. The average molecular weight is 583 g/mol. The molecule has 1 fully saturated rings. The number of hydrogen-bond donors (Lipinski definition) is 7. The molecule has 1 heterocycles. The smallest absolute Gasteiger partial charge is 0.201 e. The summed E-state index contributed by atoms with van der Waals surface area (Å²) in [5.74, 6) is -0.864. The van der Waals surface area contributed by atoms with Crippen LogP contribution in [0.15, 0.2) is 18.2 Å². The van der Waals surface area contributed by atoms with Gasteiger partial charge in [0.25, 0.3) is 0 Å². The van der Waals surface area contributed by atoms with Crippen molar-refractivity contribution in [3.63, 3.8) is 0 Å². The zero-order valence-corrected chi connectivity index (χ0v) is 23.3. The first-order valence-corrected chi connectivity index (χ1v) is 13.1. The monoisotopic (exact) mass is 582 g/mol. The summed E-state index contributed by atoms with van der Waals surface area (Å²) in [5.41, 5.74) is 1.86. The standard InChI is InChI=1S/C28H38O13/c1-36-17-7-13(8-18(37-2)21(17)31)26(41-28-25(35)24(34)22(32)20(11-30)40-28)16-9-15-12(5-14(16)10-29)6-19(38-3)23(33)27(15)39-4/h6-8,14,16,20,22,24-26,28-35H,5,9-11H2,1-4H3. The molecule has 1 aliphatic heterocycles. The molecule has 0 radical (unpaired) electrons. The molecule has 0 amide bonds. The maximum Gasteiger partial charge on any atom is 0.201 e. The first-order valence-electron chi connectivity index (χ1n) is 13.1. The van der Waals surface area contributed by atoms with Gasteiger partial charge in [0.2, 0.25) is 11.5 Å². The Morgan fingerprint density at radius 3 is 1.93 bits per heavy atom. The SMILES string of the molecule is COc1cc(C(OC2OC(CO)C(O)C(O)C2O)C2Cc3c(cc(OC)c(O)c3OC)CC2CO)cc(OC)c1O. The molecule has 4 rings (SSSR count). The first-order chi connectivity index (χ1) is 19.6. The Morgan fingerprint density at radius 1 is 0.780 bits per heavy atom. The third-order valence-corrected chi connectivity index (χ3v) is 7.95. The summed E-state index contributed by atoms with van der Waals surface area (Å²) < 4.78 is 33.5. The second-order valence-electron chi connectivity index (χ2n) is 10.1. The van der Waals surface area contributed by atoms with E-state index in [0.717, 1.165) is 5.56 Å². The summed E-state index contributed by atoms with van der Waals surface area (Å²) in [6.45, 7) is -0.915. The molecule has 13 heteroatoms. The van der Waals surface area contributed by atoms with Crippen LogP contribution in [0, 0.1) is 11.8 Å². The van der Waals surface area contributed by atoms with E-state index >= 15 is 0 Å². The Bertz CT molecular complexity index is 1180. The highest BCUT2D eigenvalue weighted by Crippen LogP contribution is 2.50. The summed E-state index contributed by atoms with van der Waals surface area (Å²) in [7, 11) is 5.56. The molecule has 0 bridgehead atoms. The molecule has 13 nitrogen and oxygen atoms in total. The van der Waals surface area contributed by atoms with Gasteiger partial charge in [-0.3, -0.25) is 0 Å². The highest BCUT2D eigenvalue weighted by Gasteiger charge is 2.47. The average Bonchev–Trinajstić information content (AvgIpc) is 2.99. The predicted molar refractivity (Wildman–Crippen MR) is 141 cm³/mol. The van der Waals surface area contributed by atoms with Crippen molar-refractivity contribution >= 4 is 0 Å². The van der Waals surface area contributed by atoms with Gasteiger partial charge in [-0.25, -0.2) is 0 Å². The number of methoxy groups -OCH3 is 4. The minimum absolute atomic E-state index is 0.0680. The van der Waals surface area contributed by atoms with Crippen molar-refractivity contribution < 1.29 is 64.2 Å². The van der Waals surface area contributed by atoms with E-state index in [2.05, 4.69) is 0 Å². The predicted octanol–water partition coefficient (Wildman–Crippen LogP) is 0.0133. The summed E-state index contributed by atoms with van der Waals surface area (Å²) >= 11 is 0. The van der Waals surface area contributed by atoms with Gasteiger partial charge in [0, 0.05) is 12.2 Å². The molecule has 2 aliphatic rings. The van der Waals surface area contributed by atoms with Crippen molar-refractivity contribution in [2.24, 2.45) is 11.8 Å². The molecule has 228 valence electrons. The number of aliphatic hydroxyl groups is 5. The molecular formula is C28H38O13. The molecule has 0 aromatic heterocycles. The van der Waals surface area contributed by atoms with Gasteiger partial charge >= 0.3 is 0 Å². The van der Waals surface area contributed by atoms with E-state index in [-0.39, 0.29) is 47.5 Å². The van der Waals surface area contributed by atoms with Gasteiger partial charge in [0.15, 0.2) is 29.3 Å². The van der Waals surface area contributed by atoms with Gasteiger partial charge < -0.3 is 64.2 Å². The molecule has 0 saturated carbocycles. The molecule has 2 aromatic rings.